The van der Waals surface area contributed by atoms with E-state index in [1.807, 2.05) is 6.07 Å². The lowest BCUT2D eigenvalue weighted by molar-refractivity contribution is 0.465. The molecule has 0 radical (unpaired) electrons. The SMILES string of the molecule is Cc1cc(-c2ccccc2)ccc1N(c1cc2c3c(c1)Oc1cc(-c4ccccc4)ccc1B3c1ccc(-c3ccccc3)cc1O2)c1cccc2c1oc1c(-c3ccccc3)cccc12. The molecule has 0 amide bonds. The number of rotatable bonds is 7. The molecule has 11 aromatic rings. The van der Waals surface area contributed by atoms with Crippen molar-refractivity contribution >= 4 is 62.1 Å². The first kappa shape index (κ1) is 38.0. The highest BCUT2D eigenvalue weighted by atomic mass is 16.5. The average Bonchev–Trinajstić information content (AvgIpc) is 3.77. The lowest BCUT2D eigenvalue weighted by atomic mass is 9.34. The maximum Gasteiger partial charge on any atom is 0.260 e. The monoisotopic (exact) mass is 845 g/mol. The molecule has 0 N–H and O–H groups in total. The molecule has 5 heteroatoms. The molecule has 10 aromatic carbocycles. The summed E-state index contributed by atoms with van der Waals surface area (Å²) in [6.07, 6.45) is 0. The second-order valence-electron chi connectivity index (χ2n) is 17.2. The number of fused-ring (bicyclic) bond motifs is 7. The fraction of sp³-hybridized carbons (Fsp3) is 0.0164. The summed E-state index contributed by atoms with van der Waals surface area (Å²) in [5, 5.41) is 2.11. The van der Waals surface area contributed by atoms with Crippen molar-refractivity contribution in [1.29, 1.82) is 0 Å². The summed E-state index contributed by atoms with van der Waals surface area (Å²) in [4.78, 5) is 2.32. The van der Waals surface area contributed by atoms with Crippen LogP contribution in [-0.4, -0.2) is 6.71 Å². The molecule has 0 saturated heterocycles. The van der Waals surface area contributed by atoms with E-state index in [4.69, 9.17) is 13.9 Å². The van der Waals surface area contributed by atoms with Gasteiger partial charge in [0, 0.05) is 39.6 Å². The van der Waals surface area contributed by atoms with Gasteiger partial charge in [-0.15, -0.1) is 0 Å². The van der Waals surface area contributed by atoms with Crippen LogP contribution in [0.15, 0.2) is 229 Å². The van der Waals surface area contributed by atoms with E-state index in [-0.39, 0.29) is 6.71 Å². The Morgan fingerprint density at radius 3 is 1.39 bits per heavy atom. The summed E-state index contributed by atoms with van der Waals surface area (Å²) in [5.74, 6) is 3.18. The van der Waals surface area contributed by atoms with Crippen molar-refractivity contribution in [2.24, 2.45) is 0 Å². The zero-order valence-electron chi connectivity index (χ0n) is 36.1. The second-order valence-corrected chi connectivity index (χ2v) is 17.2. The third-order valence-corrected chi connectivity index (χ3v) is 13.3. The lowest BCUT2D eigenvalue weighted by Crippen LogP contribution is -2.57. The van der Waals surface area contributed by atoms with E-state index in [1.54, 1.807) is 0 Å². The van der Waals surface area contributed by atoms with Gasteiger partial charge in [-0.3, -0.25) is 0 Å². The van der Waals surface area contributed by atoms with Crippen molar-refractivity contribution in [3.63, 3.8) is 0 Å². The molecule has 1 aromatic heterocycles. The third-order valence-electron chi connectivity index (χ3n) is 13.3. The minimum Gasteiger partial charge on any atom is -0.458 e. The van der Waals surface area contributed by atoms with E-state index in [0.717, 1.165) is 123 Å². The number of ether oxygens (including phenoxy) is 2. The Labute approximate surface area is 383 Å². The Morgan fingerprint density at radius 1 is 0.364 bits per heavy atom. The molecule has 0 unspecified atom stereocenters. The van der Waals surface area contributed by atoms with Crippen LogP contribution in [0.1, 0.15) is 5.56 Å². The van der Waals surface area contributed by atoms with Crippen molar-refractivity contribution in [1.82, 2.24) is 0 Å². The molecular weight excluding hydrogens is 805 g/mol. The van der Waals surface area contributed by atoms with E-state index in [9.17, 15) is 0 Å². The highest BCUT2D eigenvalue weighted by molar-refractivity contribution is 6.98. The van der Waals surface area contributed by atoms with E-state index in [1.165, 1.54) is 5.56 Å². The topological polar surface area (TPSA) is 34.8 Å². The van der Waals surface area contributed by atoms with Gasteiger partial charge in [0.1, 0.15) is 28.6 Å². The van der Waals surface area contributed by atoms with Gasteiger partial charge in [0.15, 0.2) is 5.58 Å². The average molecular weight is 846 g/mol. The number of benzene rings is 10. The van der Waals surface area contributed by atoms with Crippen molar-refractivity contribution < 1.29 is 13.9 Å². The Hall–Kier alpha value is -8.54. The molecule has 13 rings (SSSR count). The molecule has 2 aliphatic heterocycles. The summed E-state index contributed by atoms with van der Waals surface area (Å²) in [6, 6.07) is 79.3. The minimum absolute atomic E-state index is 0.109. The van der Waals surface area contributed by atoms with Crippen molar-refractivity contribution in [3.8, 4) is 67.5 Å². The van der Waals surface area contributed by atoms with Gasteiger partial charge in [0.05, 0.1) is 11.4 Å². The first-order valence-electron chi connectivity index (χ1n) is 22.5. The molecule has 0 bridgehead atoms. The number of para-hydroxylation sites is 2. The van der Waals surface area contributed by atoms with Gasteiger partial charge in [-0.1, -0.05) is 182 Å². The number of hydrogen-bond acceptors (Lipinski definition) is 4. The van der Waals surface area contributed by atoms with Crippen LogP contribution in [0.3, 0.4) is 0 Å². The summed E-state index contributed by atoms with van der Waals surface area (Å²) in [7, 11) is 0. The zero-order valence-corrected chi connectivity index (χ0v) is 36.1. The van der Waals surface area contributed by atoms with E-state index >= 15 is 0 Å². The minimum atomic E-state index is -0.109. The van der Waals surface area contributed by atoms with Crippen molar-refractivity contribution in [2.45, 2.75) is 6.92 Å². The predicted molar refractivity (Wildman–Crippen MR) is 273 cm³/mol. The summed E-state index contributed by atoms with van der Waals surface area (Å²) < 4.78 is 21.4. The Bertz CT molecular complexity index is 3550. The van der Waals surface area contributed by atoms with Gasteiger partial charge >= 0.3 is 0 Å². The quantitative estimate of drug-likeness (QED) is 0.150. The van der Waals surface area contributed by atoms with Crippen LogP contribution in [0.5, 0.6) is 23.0 Å². The van der Waals surface area contributed by atoms with Gasteiger partial charge in [0.25, 0.3) is 6.71 Å². The molecule has 0 aliphatic carbocycles. The van der Waals surface area contributed by atoms with Crippen LogP contribution in [-0.2, 0) is 0 Å². The largest absolute Gasteiger partial charge is 0.458 e. The smallest absolute Gasteiger partial charge is 0.260 e. The van der Waals surface area contributed by atoms with Gasteiger partial charge < -0.3 is 18.8 Å². The number of aryl methyl sites for hydroxylation is 1. The molecule has 310 valence electrons. The summed E-state index contributed by atoms with van der Waals surface area (Å²) in [6.45, 7) is 2.08. The molecule has 4 nitrogen and oxygen atoms in total. The Kier molecular flexibility index (Phi) is 8.82. The highest BCUT2D eigenvalue weighted by Crippen LogP contribution is 2.48. The molecule has 3 heterocycles. The van der Waals surface area contributed by atoms with Crippen LogP contribution in [0.2, 0.25) is 0 Å². The standard InChI is InChI=1S/C61H40BNO3/c1-39-34-44(40-16-6-2-7-17-40)30-33-53(39)63(54-27-15-26-50-49-25-14-24-48(60(49)66-61(50)54)43-22-12-5-13-23-43)47-37-57-59-58(38-47)65-56-36-46(42-20-10-4-11-21-42)29-32-52(56)62(59)51-31-28-45(35-55(51)64-57)41-18-8-3-9-19-41/h2-38H,1H3. The second kappa shape index (κ2) is 15.3. The zero-order chi connectivity index (χ0) is 43.7. The first-order valence-corrected chi connectivity index (χ1v) is 22.5. The van der Waals surface area contributed by atoms with Crippen molar-refractivity contribution in [3.05, 3.63) is 230 Å². The molecule has 0 fully saturated rings. The first-order chi connectivity index (χ1) is 32.6. The molecule has 0 atom stereocenters. The van der Waals surface area contributed by atoms with E-state index in [0.29, 0.717) is 0 Å². The van der Waals surface area contributed by atoms with E-state index in [2.05, 4.69) is 230 Å². The molecule has 66 heavy (non-hydrogen) atoms. The van der Waals surface area contributed by atoms with Crippen molar-refractivity contribution in [2.75, 3.05) is 4.90 Å². The fourth-order valence-corrected chi connectivity index (χ4v) is 10.2. The number of hydrogen-bond donors (Lipinski definition) is 0. The molecule has 2 aliphatic rings. The van der Waals surface area contributed by atoms with Crippen LogP contribution in [0.25, 0.3) is 66.4 Å². The maximum absolute atomic E-state index is 7.13. The highest BCUT2D eigenvalue weighted by Gasteiger charge is 2.41. The third kappa shape index (κ3) is 6.23. The summed E-state index contributed by atoms with van der Waals surface area (Å²) in [5.41, 5.74) is 17.8. The van der Waals surface area contributed by atoms with Crippen LogP contribution < -0.4 is 30.8 Å². The van der Waals surface area contributed by atoms with Crippen LogP contribution in [0.4, 0.5) is 17.1 Å². The molecule has 0 saturated carbocycles. The predicted octanol–water partition coefficient (Wildman–Crippen LogP) is 14.8. The summed E-state index contributed by atoms with van der Waals surface area (Å²) >= 11 is 0. The van der Waals surface area contributed by atoms with Gasteiger partial charge in [-0.05, 0) is 92.7 Å². The van der Waals surface area contributed by atoms with Gasteiger partial charge in [-0.2, -0.15) is 0 Å². The van der Waals surface area contributed by atoms with Gasteiger partial charge in [0.2, 0.25) is 0 Å². The molecular formula is C61H40BNO3. The number of nitrogens with zero attached hydrogens (tertiary/aromatic N) is 1. The Morgan fingerprint density at radius 2 is 0.848 bits per heavy atom. The Balaban J connectivity index is 1.04. The normalized spacial score (nSPS) is 12.2. The maximum atomic E-state index is 7.13. The number of furan rings is 1. The van der Waals surface area contributed by atoms with Crippen LogP contribution in [0, 0.1) is 6.92 Å². The number of anilines is 3. The fourth-order valence-electron chi connectivity index (χ4n) is 10.2. The van der Waals surface area contributed by atoms with E-state index < -0.39 is 0 Å². The lowest BCUT2D eigenvalue weighted by Gasteiger charge is -2.35. The molecule has 0 spiro atoms. The van der Waals surface area contributed by atoms with Crippen LogP contribution >= 0.6 is 0 Å². The van der Waals surface area contributed by atoms with Gasteiger partial charge in [-0.25, -0.2) is 0 Å².